The Hall–Kier alpha value is -1.85. The minimum absolute atomic E-state index is 0.0124. The van der Waals surface area contributed by atoms with Crippen molar-refractivity contribution in [2.45, 2.75) is 45.7 Å². The molecular formula is C13H19N3O3. The van der Waals surface area contributed by atoms with Crippen molar-refractivity contribution < 1.29 is 14.7 Å². The Morgan fingerprint density at radius 2 is 2.21 bits per heavy atom. The first-order chi connectivity index (χ1) is 9.02. The lowest BCUT2D eigenvalue weighted by Gasteiger charge is -2.21. The van der Waals surface area contributed by atoms with Crippen molar-refractivity contribution in [2.75, 3.05) is 6.54 Å². The molecule has 19 heavy (non-hydrogen) atoms. The lowest BCUT2D eigenvalue weighted by atomic mass is 10.3. The fourth-order valence-electron chi connectivity index (χ4n) is 2.16. The van der Waals surface area contributed by atoms with Crippen molar-refractivity contribution in [2.24, 2.45) is 0 Å². The van der Waals surface area contributed by atoms with E-state index in [0.29, 0.717) is 12.2 Å². The van der Waals surface area contributed by atoms with Crippen LogP contribution in [0.1, 0.15) is 42.4 Å². The smallest absolute Gasteiger partial charge is 0.305 e. The summed E-state index contributed by atoms with van der Waals surface area (Å²) in [5.74, 6) is -0.982. The molecule has 1 aliphatic rings. The summed E-state index contributed by atoms with van der Waals surface area (Å²) in [6, 6.07) is 1.97. The lowest BCUT2D eigenvalue weighted by molar-refractivity contribution is -0.137. The Labute approximate surface area is 112 Å². The molecule has 1 heterocycles. The van der Waals surface area contributed by atoms with Gasteiger partial charge in [-0.3, -0.25) is 14.3 Å². The Balaban J connectivity index is 2.16. The van der Waals surface area contributed by atoms with E-state index in [4.69, 9.17) is 5.11 Å². The molecule has 104 valence electrons. The van der Waals surface area contributed by atoms with Crippen LogP contribution >= 0.6 is 0 Å². The van der Waals surface area contributed by atoms with Gasteiger partial charge in [0, 0.05) is 19.1 Å². The highest BCUT2D eigenvalue weighted by molar-refractivity contribution is 5.93. The highest BCUT2D eigenvalue weighted by atomic mass is 16.4. The zero-order valence-electron chi connectivity index (χ0n) is 11.3. The highest BCUT2D eigenvalue weighted by Crippen LogP contribution is 2.28. The normalized spacial score (nSPS) is 14.4. The standard InChI is InChI=1S/C13H19N3O3/c1-3-16-11(8-9(2)14-16)13(19)15(10-4-5-10)7-6-12(17)18/h8,10H,3-7H2,1-2H3,(H,17,18). The van der Waals surface area contributed by atoms with Gasteiger partial charge in [0.2, 0.25) is 0 Å². The number of aliphatic carboxylic acids is 1. The third kappa shape index (κ3) is 3.13. The number of carboxylic acids is 1. The highest BCUT2D eigenvalue weighted by Gasteiger charge is 2.34. The number of rotatable bonds is 6. The molecule has 0 bridgehead atoms. The van der Waals surface area contributed by atoms with E-state index in [0.717, 1.165) is 18.5 Å². The summed E-state index contributed by atoms with van der Waals surface area (Å²) < 4.78 is 1.67. The van der Waals surface area contributed by atoms with Gasteiger partial charge in [0.25, 0.3) is 5.91 Å². The first kappa shape index (κ1) is 13.6. The van der Waals surface area contributed by atoms with E-state index in [1.54, 1.807) is 15.6 Å². The van der Waals surface area contributed by atoms with Crippen LogP contribution in [-0.4, -0.2) is 44.3 Å². The second-order valence-corrected chi connectivity index (χ2v) is 4.86. The predicted molar refractivity (Wildman–Crippen MR) is 68.9 cm³/mol. The van der Waals surface area contributed by atoms with Crippen LogP contribution < -0.4 is 0 Å². The van der Waals surface area contributed by atoms with Crippen LogP contribution in [0.3, 0.4) is 0 Å². The molecule has 0 saturated heterocycles. The first-order valence-electron chi connectivity index (χ1n) is 6.60. The van der Waals surface area contributed by atoms with Crippen LogP contribution in [-0.2, 0) is 11.3 Å². The lowest BCUT2D eigenvalue weighted by Crippen LogP contribution is -2.36. The van der Waals surface area contributed by atoms with Gasteiger partial charge in [0.1, 0.15) is 5.69 Å². The number of aromatic nitrogens is 2. The number of carbonyl (C=O) groups is 2. The Morgan fingerprint density at radius 1 is 1.53 bits per heavy atom. The fraction of sp³-hybridized carbons (Fsp3) is 0.615. The van der Waals surface area contributed by atoms with Gasteiger partial charge in [-0.05, 0) is 32.8 Å². The number of hydrogen-bond donors (Lipinski definition) is 1. The zero-order chi connectivity index (χ0) is 14.0. The largest absolute Gasteiger partial charge is 0.481 e. The summed E-state index contributed by atoms with van der Waals surface area (Å²) in [5.41, 5.74) is 1.36. The maximum absolute atomic E-state index is 12.5. The van der Waals surface area contributed by atoms with Gasteiger partial charge in [0.15, 0.2) is 0 Å². The number of nitrogens with zero attached hydrogens (tertiary/aromatic N) is 3. The van der Waals surface area contributed by atoms with E-state index in [2.05, 4.69) is 5.10 Å². The van der Waals surface area contributed by atoms with Gasteiger partial charge < -0.3 is 10.0 Å². The van der Waals surface area contributed by atoms with Crippen molar-refractivity contribution in [3.8, 4) is 0 Å². The molecule has 0 aliphatic heterocycles. The summed E-state index contributed by atoms with van der Waals surface area (Å²) in [4.78, 5) is 24.9. The summed E-state index contributed by atoms with van der Waals surface area (Å²) >= 11 is 0. The molecule has 0 unspecified atom stereocenters. The molecule has 0 spiro atoms. The minimum atomic E-state index is -0.876. The van der Waals surface area contributed by atoms with Gasteiger partial charge in [-0.2, -0.15) is 5.10 Å². The first-order valence-corrected chi connectivity index (χ1v) is 6.60. The third-order valence-electron chi connectivity index (χ3n) is 3.24. The van der Waals surface area contributed by atoms with Crippen molar-refractivity contribution in [3.63, 3.8) is 0 Å². The molecule has 6 heteroatoms. The van der Waals surface area contributed by atoms with E-state index in [1.807, 2.05) is 13.8 Å². The Morgan fingerprint density at radius 3 is 2.74 bits per heavy atom. The predicted octanol–water partition coefficient (Wildman–Crippen LogP) is 1.29. The minimum Gasteiger partial charge on any atom is -0.481 e. The van der Waals surface area contributed by atoms with E-state index in [9.17, 15) is 9.59 Å². The van der Waals surface area contributed by atoms with Gasteiger partial charge in [-0.25, -0.2) is 0 Å². The molecule has 1 saturated carbocycles. The van der Waals surface area contributed by atoms with Gasteiger partial charge in [-0.15, -0.1) is 0 Å². The van der Waals surface area contributed by atoms with Crippen LogP contribution in [0.4, 0.5) is 0 Å². The molecule has 1 amide bonds. The number of carbonyl (C=O) groups excluding carboxylic acids is 1. The van der Waals surface area contributed by atoms with Crippen molar-refractivity contribution in [1.82, 2.24) is 14.7 Å². The van der Waals surface area contributed by atoms with Crippen LogP contribution in [0.25, 0.3) is 0 Å². The van der Waals surface area contributed by atoms with Crippen LogP contribution in [0.5, 0.6) is 0 Å². The van der Waals surface area contributed by atoms with E-state index in [-0.39, 0.29) is 24.9 Å². The molecule has 1 aromatic rings. The van der Waals surface area contributed by atoms with Crippen molar-refractivity contribution in [1.29, 1.82) is 0 Å². The number of aryl methyl sites for hydroxylation is 2. The number of hydrogen-bond acceptors (Lipinski definition) is 3. The Kier molecular flexibility index (Phi) is 3.87. The SMILES string of the molecule is CCn1nc(C)cc1C(=O)N(CCC(=O)O)C1CC1. The molecule has 1 N–H and O–H groups in total. The van der Waals surface area contributed by atoms with Gasteiger partial charge >= 0.3 is 5.97 Å². The fourth-order valence-corrected chi connectivity index (χ4v) is 2.16. The molecule has 1 aliphatic carbocycles. The molecule has 0 radical (unpaired) electrons. The molecule has 2 rings (SSSR count). The van der Waals surface area contributed by atoms with E-state index >= 15 is 0 Å². The third-order valence-corrected chi connectivity index (χ3v) is 3.24. The van der Waals surface area contributed by atoms with Crippen LogP contribution in [0.15, 0.2) is 6.07 Å². The zero-order valence-corrected chi connectivity index (χ0v) is 11.3. The van der Waals surface area contributed by atoms with Gasteiger partial charge in [0.05, 0.1) is 12.1 Å². The van der Waals surface area contributed by atoms with E-state index < -0.39 is 5.97 Å². The van der Waals surface area contributed by atoms with Crippen molar-refractivity contribution in [3.05, 3.63) is 17.5 Å². The maximum Gasteiger partial charge on any atom is 0.305 e. The monoisotopic (exact) mass is 265 g/mol. The quantitative estimate of drug-likeness (QED) is 0.841. The van der Waals surface area contributed by atoms with Crippen LogP contribution in [0, 0.1) is 6.92 Å². The molecule has 6 nitrogen and oxygen atoms in total. The van der Waals surface area contributed by atoms with Crippen LogP contribution in [0.2, 0.25) is 0 Å². The maximum atomic E-state index is 12.5. The number of carboxylic acid groups (broad SMARTS) is 1. The summed E-state index contributed by atoms with van der Waals surface area (Å²) in [7, 11) is 0. The summed E-state index contributed by atoms with van der Waals surface area (Å²) in [5, 5.41) is 13.0. The van der Waals surface area contributed by atoms with Gasteiger partial charge in [-0.1, -0.05) is 0 Å². The molecule has 1 fully saturated rings. The second-order valence-electron chi connectivity index (χ2n) is 4.86. The van der Waals surface area contributed by atoms with E-state index in [1.165, 1.54) is 0 Å². The molecule has 0 atom stereocenters. The Bertz CT molecular complexity index is 491. The average molecular weight is 265 g/mol. The molecular weight excluding hydrogens is 246 g/mol. The topological polar surface area (TPSA) is 75.4 Å². The number of amides is 1. The van der Waals surface area contributed by atoms with Crippen molar-refractivity contribution >= 4 is 11.9 Å². The molecule has 1 aromatic heterocycles. The average Bonchev–Trinajstić information content (AvgIpc) is 3.11. The summed E-state index contributed by atoms with van der Waals surface area (Å²) in [6.45, 7) is 4.68. The second kappa shape index (κ2) is 5.42. The molecule has 0 aromatic carbocycles. The summed E-state index contributed by atoms with van der Waals surface area (Å²) in [6.07, 6.45) is 1.91.